The number of alkyl halides is 1. The van der Waals surface area contributed by atoms with Crippen LogP contribution < -0.4 is 10.6 Å². The maximum Gasteiger partial charge on any atom is 0.408 e. The first-order chi connectivity index (χ1) is 16.4. The minimum absolute atomic E-state index is 0.0680. The minimum Gasteiger partial charge on any atom is -0.441 e. The molecule has 5 rings (SSSR count). The molecule has 13 heteroatoms. The maximum absolute atomic E-state index is 15.0. The molecule has 3 aromatic heterocycles. The molecule has 1 saturated heterocycles. The molecule has 2 fully saturated rings. The van der Waals surface area contributed by atoms with Gasteiger partial charge in [-0.2, -0.15) is 10.4 Å². The molecule has 12 nitrogen and oxygen atoms in total. The Morgan fingerprint density at radius 1 is 1.44 bits per heavy atom. The third-order valence-corrected chi connectivity index (χ3v) is 5.80. The molecule has 3 aromatic rings. The van der Waals surface area contributed by atoms with Crippen molar-refractivity contribution < 1.29 is 23.4 Å². The van der Waals surface area contributed by atoms with Gasteiger partial charge in [-0.1, -0.05) is 0 Å². The van der Waals surface area contributed by atoms with Crippen molar-refractivity contribution >= 4 is 23.5 Å². The van der Waals surface area contributed by atoms with E-state index in [1.807, 2.05) is 13.0 Å². The van der Waals surface area contributed by atoms with E-state index in [9.17, 15) is 14.4 Å². The van der Waals surface area contributed by atoms with E-state index in [-0.39, 0.29) is 17.8 Å². The van der Waals surface area contributed by atoms with E-state index in [1.165, 1.54) is 0 Å². The Balaban J connectivity index is 1.29. The van der Waals surface area contributed by atoms with Gasteiger partial charge in [-0.05, 0) is 19.8 Å². The first-order valence-corrected chi connectivity index (χ1v) is 10.7. The maximum atomic E-state index is 15.0. The zero-order chi connectivity index (χ0) is 23.9. The topological polar surface area (TPSA) is 151 Å². The molecule has 2 aliphatic rings. The van der Waals surface area contributed by atoms with Crippen molar-refractivity contribution in [2.75, 3.05) is 19.0 Å². The lowest BCUT2D eigenvalue weighted by Crippen LogP contribution is -2.39. The number of nitrogens with one attached hydrogen (secondary N) is 3. The van der Waals surface area contributed by atoms with E-state index in [1.54, 1.807) is 29.8 Å². The van der Waals surface area contributed by atoms with Gasteiger partial charge in [-0.25, -0.2) is 19.2 Å². The molecule has 178 valence electrons. The van der Waals surface area contributed by atoms with Crippen LogP contribution in [0.25, 0.3) is 5.65 Å². The second kappa shape index (κ2) is 8.54. The lowest BCUT2D eigenvalue weighted by Gasteiger charge is -2.17. The highest BCUT2D eigenvalue weighted by molar-refractivity contribution is 5.69. The van der Waals surface area contributed by atoms with Gasteiger partial charge in [0.1, 0.15) is 23.5 Å². The lowest BCUT2D eigenvalue weighted by atomic mass is 10.1. The number of amides is 1. The zero-order valence-corrected chi connectivity index (χ0v) is 18.5. The number of hydrogen-bond donors (Lipinski definition) is 3. The summed E-state index contributed by atoms with van der Waals surface area (Å²) in [6, 6.07) is 5.13. The monoisotopic (exact) mass is 470 g/mol. The Bertz CT molecular complexity index is 1260. The van der Waals surface area contributed by atoms with Crippen molar-refractivity contribution in [3.63, 3.8) is 0 Å². The first-order valence-electron chi connectivity index (χ1n) is 10.7. The highest BCUT2D eigenvalue weighted by Crippen LogP contribution is 2.36. The number of alkyl carbamates (subject to hydrolysis) is 1. The van der Waals surface area contributed by atoms with Crippen LogP contribution in [0.3, 0.4) is 0 Å². The molecule has 0 radical (unpaired) electrons. The molecule has 1 saturated carbocycles. The molecule has 0 bridgehead atoms. The predicted molar refractivity (Wildman–Crippen MR) is 115 cm³/mol. The highest BCUT2D eigenvalue weighted by Gasteiger charge is 2.44. The molecular weight excluding hydrogens is 447 g/mol. The number of methoxy groups -OCH3 is 1. The zero-order valence-electron chi connectivity index (χ0n) is 18.5. The number of aromatic nitrogens is 5. The molecule has 1 amide bonds. The summed E-state index contributed by atoms with van der Waals surface area (Å²) in [6.45, 7) is 2.14. The number of imidazole rings is 1. The van der Waals surface area contributed by atoms with Gasteiger partial charge < -0.3 is 24.8 Å². The molecule has 34 heavy (non-hydrogen) atoms. The lowest BCUT2D eigenvalue weighted by molar-refractivity contribution is 0.0604. The number of H-pyrrole nitrogens is 1. The second-order valence-electron chi connectivity index (χ2n) is 8.63. The van der Waals surface area contributed by atoms with E-state index in [0.29, 0.717) is 35.4 Å². The van der Waals surface area contributed by atoms with Gasteiger partial charge in [-0.15, -0.1) is 0 Å². The predicted octanol–water partition coefficient (Wildman–Crippen LogP) is 2.27. The average Bonchev–Trinajstić information content (AvgIpc) is 3.14. The van der Waals surface area contributed by atoms with Crippen molar-refractivity contribution in [1.29, 1.82) is 5.26 Å². The number of anilines is 2. The molecule has 0 spiro atoms. The van der Waals surface area contributed by atoms with E-state index in [4.69, 9.17) is 14.2 Å². The molecule has 4 heterocycles. The summed E-state index contributed by atoms with van der Waals surface area (Å²) >= 11 is 0. The normalized spacial score (nSPS) is 22.9. The molecule has 3 atom stereocenters. The summed E-state index contributed by atoms with van der Waals surface area (Å²) in [5.41, 5.74) is 1.46. The quantitative estimate of drug-likeness (QED) is 0.472. The Kier molecular flexibility index (Phi) is 5.54. The third-order valence-electron chi connectivity index (χ3n) is 5.80. The fraction of sp³-hybridized carbons (Fsp3) is 0.476. The number of nitriles is 1. The number of nitrogens with zero attached hydrogens (tertiary/aromatic N) is 5. The van der Waals surface area contributed by atoms with Crippen LogP contribution in [-0.2, 0) is 20.8 Å². The third kappa shape index (κ3) is 4.37. The van der Waals surface area contributed by atoms with Crippen molar-refractivity contribution in [2.24, 2.45) is 0 Å². The van der Waals surface area contributed by atoms with Crippen molar-refractivity contribution in [3.8, 4) is 6.07 Å². The van der Waals surface area contributed by atoms with Crippen molar-refractivity contribution in [2.45, 2.75) is 50.3 Å². The van der Waals surface area contributed by atoms with E-state index < -0.39 is 24.5 Å². The van der Waals surface area contributed by atoms with Gasteiger partial charge in [0.15, 0.2) is 18.1 Å². The fourth-order valence-corrected chi connectivity index (χ4v) is 3.73. The number of halogens is 1. The Labute approximate surface area is 193 Å². The first kappa shape index (κ1) is 22.1. The summed E-state index contributed by atoms with van der Waals surface area (Å²) < 4.78 is 32.5. The summed E-state index contributed by atoms with van der Waals surface area (Å²) in [5, 5.41) is 22.0. The second-order valence-corrected chi connectivity index (χ2v) is 8.63. The number of rotatable bonds is 7. The van der Waals surface area contributed by atoms with E-state index in [2.05, 4.69) is 30.8 Å². The number of fused-ring (bicyclic) bond motifs is 1. The Morgan fingerprint density at radius 2 is 2.26 bits per heavy atom. The van der Waals surface area contributed by atoms with Crippen LogP contribution in [0.4, 0.5) is 21.0 Å². The average molecular weight is 470 g/mol. The molecule has 1 aliphatic carbocycles. The molecule has 0 aromatic carbocycles. The number of ether oxygens (including phenoxy) is 3. The van der Waals surface area contributed by atoms with Crippen LogP contribution in [0, 0.1) is 11.3 Å². The fourth-order valence-electron chi connectivity index (χ4n) is 3.73. The number of hydrogen-bond acceptors (Lipinski definition) is 9. The van der Waals surface area contributed by atoms with E-state index in [0.717, 1.165) is 12.8 Å². The van der Waals surface area contributed by atoms with Crippen LogP contribution in [0.15, 0.2) is 18.3 Å². The van der Waals surface area contributed by atoms with Crippen LogP contribution in [0.2, 0.25) is 0 Å². The summed E-state index contributed by atoms with van der Waals surface area (Å²) in [4.78, 5) is 20.7. The SMILES string of the molecule is COCc1cn2c(Nc3cc(C4OCC(OC(=O)NC5(C)CC5)C4F)[nH]n3)nc(C#N)cc2n1. The summed E-state index contributed by atoms with van der Waals surface area (Å²) in [5.74, 6) is 0.637. The Hall–Kier alpha value is -3.76. The van der Waals surface area contributed by atoms with Crippen molar-refractivity contribution in [3.05, 3.63) is 35.4 Å². The van der Waals surface area contributed by atoms with Crippen LogP contribution in [0.1, 0.15) is 43.0 Å². The van der Waals surface area contributed by atoms with Gasteiger partial charge in [0.05, 0.1) is 24.6 Å². The van der Waals surface area contributed by atoms with E-state index >= 15 is 0 Å². The van der Waals surface area contributed by atoms with Gasteiger partial charge in [0.2, 0.25) is 5.95 Å². The number of aromatic amines is 1. The van der Waals surface area contributed by atoms with Gasteiger partial charge >= 0.3 is 6.09 Å². The summed E-state index contributed by atoms with van der Waals surface area (Å²) in [7, 11) is 1.56. The van der Waals surface area contributed by atoms with Crippen LogP contribution in [-0.4, -0.2) is 62.2 Å². The smallest absolute Gasteiger partial charge is 0.408 e. The molecule has 3 N–H and O–H groups in total. The highest BCUT2D eigenvalue weighted by atomic mass is 19.1. The standard InChI is InChI=1S/C21H23FN8O4/c1-21(3-4-21)27-20(31)34-14-10-33-18(17(14)22)13-6-15(29-28-13)26-19-25-11(7-23)5-16-24-12(9-32-2)8-30(16)19/h5-6,8,14,17-18H,3-4,9-10H2,1-2H3,(H,27,31)(H2,25,26,28,29). The Morgan fingerprint density at radius 3 is 3.00 bits per heavy atom. The minimum atomic E-state index is -1.57. The molecule has 1 aliphatic heterocycles. The van der Waals surface area contributed by atoms with Gasteiger partial charge in [-0.3, -0.25) is 9.50 Å². The van der Waals surface area contributed by atoms with Gasteiger partial charge in [0.25, 0.3) is 0 Å². The van der Waals surface area contributed by atoms with Crippen LogP contribution >= 0.6 is 0 Å². The van der Waals surface area contributed by atoms with Crippen LogP contribution in [0.5, 0.6) is 0 Å². The molecular formula is C21H23FN8O4. The largest absolute Gasteiger partial charge is 0.441 e. The summed E-state index contributed by atoms with van der Waals surface area (Å²) in [6.07, 6.45) is -0.730. The molecule has 3 unspecified atom stereocenters. The number of carbonyl (C=O) groups is 1. The van der Waals surface area contributed by atoms with Gasteiger partial charge in [0, 0.05) is 31.0 Å². The number of carbonyl (C=O) groups excluding carboxylic acids is 1. The van der Waals surface area contributed by atoms with Crippen molar-refractivity contribution in [1.82, 2.24) is 29.9 Å².